The molecule has 10 heteroatoms. The van der Waals surface area contributed by atoms with E-state index < -0.39 is 23.8 Å². The van der Waals surface area contributed by atoms with E-state index in [9.17, 15) is 19.2 Å². The maximum atomic E-state index is 12.3. The highest BCUT2D eigenvalue weighted by molar-refractivity contribution is 5.32. The monoisotopic (exact) mass is 337 g/mol. The van der Waals surface area contributed by atoms with E-state index >= 15 is 0 Å². The third kappa shape index (κ3) is 4.79. The molecule has 0 aromatic carbocycles. The number of aromatic nitrogens is 3. The zero-order valence-corrected chi connectivity index (χ0v) is 13.4. The lowest BCUT2D eigenvalue weighted by Gasteiger charge is -2.11. The summed E-state index contributed by atoms with van der Waals surface area (Å²) in [5.74, 6) is 0. The molecule has 1 rings (SSSR count). The van der Waals surface area contributed by atoms with Crippen LogP contribution in [0.25, 0.3) is 0 Å². The van der Waals surface area contributed by atoms with Gasteiger partial charge in [-0.1, -0.05) is 12.8 Å². The topological polar surface area (TPSA) is 128 Å². The highest BCUT2D eigenvalue weighted by Gasteiger charge is 2.14. The summed E-state index contributed by atoms with van der Waals surface area (Å²) in [6.07, 6.45) is 5.65. The first-order valence-corrected chi connectivity index (χ1v) is 7.57. The van der Waals surface area contributed by atoms with Crippen LogP contribution in [0.3, 0.4) is 0 Å². The molecule has 0 N–H and O–H groups in total. The Balaban J connectivity index is 2.92. The molecule has 1 aromatic heterocycles. The first kappa shape index (κ1) is 19.1. The highest BCUT2D eigenvalue weighted by Crippen LogP contribution is 2.00. The molecule has 1 aromatic rings. The van der Waals surface area contributed by atoms with E-state index in [0.717, 1.165) is 28.4 Å². The average molecular weight is 337 g/mol. The van der Waals surface area contributed by atoms with Gasteiger partial charge >= 0.3 is 17.1 Å². The van der Waals surface area contributed by atoms with Crippen LogP contribution in [0.1, 0.15) is 32.6 Å². The lowest BCUT2D eigenvalue weighted by molar-refractivity contribution is 0.175. The quantitative estimate of drug-likeness (QED) is 0.246. The van der Waals surface area contributed by atoms with Crippen molar-refractivity contribution in [3.8, 4) is 6.26 Å². The molecule has 0 radical (unpaired) electrons. The van der Waals surface area contributed by atoms with Crippen LogP contribution in [0.4, 0.5) is 0 Å². The third-order valence-electron chi connectivity index (χ3n) is 3.43. The van der Waals surface area contributed by atoms with Gasteiger partial charge < -0.3 is 4.74 Å². The van der Waals surface area contributed by atoms with Crippen LogP contribution in [0.2, 0.25) is 0 Å². The fourth-order valence-electron chi connectivity index (χ4n) is 2.21. The minimum absolute atomic E-state index is 0.105. The predicted molar refractivity (Wildman–Crippen MR) is 83.1 cm³/mol. The van der Waals surface area contributed by atoms with Crippen molar-refractivity contribution in [2.75, 3.05) is 6.54 Å². The van der Waals surface area contributed by atoms with Gasteiger partial charge in [0.25, 0.3) is 6.26 Å². The molecule has 0 amide bonds. The molecule has 0 saturated carbocycles. The Morgan fingerprint density at radius 1 is 1.00 bits per heavy atom. The summed E-state index contributed by atoms with van der Waals surface area (Å²) < 4.78 is 7.05. The normalized spacial score (nSPS) is 10.0. The zero-order valence-electron chi connectivity index (χ0n) is 13.4. The lowest BCUT2D eigenvalue weighted by Crippen LogP contribution is -2.54. The number of aliphatic imine (C=N–C) groups is 1. The summed E-state index contributed by atoms with van der Waals surface area (Å²) in [5.41, 5.74) is -2.27. The number of unbranched alkanes of at least 4 members (excludes halogenated alkanes) is 3. The third-order valence-corrected chi connectivity index (χ3v) is 3.43. The number of nitriles is 1. The molecule has 0 aliphatic heterocycles. The molecular weight excluding hydrogens is 318 g/mol. The van der Waals surface area contributed by atoms with E-state index in [4.69, 9.17) is 5.26 Å². The molecule has 0 fully saturated rings. The molecule has 0 aliphatic carbocycles. The van der Waals surface area contributed by atoms with Crippen molar-refractivity contribution in [3.63, 3.8) is 0 Å². The number of nitrogens with zero attached hydrogens (tertiary/aromatic N) is 5. The van der Waals surface area contributed by atoms with E-state index in [0.29, 0.717) is 17.5 Å². The molecule has 10 nitrogen and oxygen atoms in total. The van der Waals surface area contributed by atoms with Gasteiger partial charge in [-0.25, -0.2) is 37.9 Å². The van der Waals surface area contributed by atoms with Crippen LogP contribution >= 0.6 is 0 Å². The van der Waals surface area contributed by atoms with E-state index in [-0.39, 0.29) is 13.1 Å². The lowest BCUT2D eigenvalue weighted by atomic mass is 10.2. The van der Waals surface area contributed by atoms with Crippen molar-refractivity contribution in [3.05, 3.63) is 31.5 Å². The number of rotatable bonds is 10. The number of ether oxygens (including phenoxy) is 1. The van der Waals surface area contributed by atoms with Gasteiger partial charge in [-0.05, 0) is 19.8 Å². The van der Waals surface area contributed by atoms with Gasteiger partial charge in [-0.15, -0.1) is 0 Å². The van der Waals surface area contributed by atoms with Crippen LogP contribution in [0.15, 0.2) is 19.4 Å². The van der Waals surface area contributed by atoms with Crippen molar-refractivity contribution in [2.45, 2.75) is 52.4 Å². The Hall–Kier alpha value is -2.92. The Labute approximate surface area is 137 Å². The van der Waals surface area contributed by atoms with Crippen molar-refractivity contribution < 1.29 is 9.53 Å². The van der Waals surface area contributed by atoms with Crippen LogP contribution in [0.5, 0.6) is 0 Å². The average Bonchev–Trinajstić information content (AvgIpc) is 2.57. The number of carbonyl (C=O) groups excluding carboxylic acids is 1. The first-order chi connectivity index (χ1) is 11.6. The van der Waals surface area contributed by atoms with Crippen LogP contribution in [-0.2, 0) is 29.4 Å². The predicted octanol–water partition coefficient (Wildman–Crippen LogP) is -0.457. The second-order valence-corrected chi connectivity index (χ2v) is 4.92. The highest BCUT2D eigenvalue weighted by atomic mass is 16.5. The largest absolute Gasteiger partial charge is 0.405 e. The Kier molecular flexibility index (Phi) is 7.94. The van der Waals surface area contributed by atoms with Crippen molar-refractivity contribution in [2.24, 2.45) is 4.99 Å². The molecule has 0 aliphatic rings. The minimum atomic E-state index is -0.800. The molecule has 24 heavy (non-hydrogen) atoms. The van der Waals surface area contributed by atoms with Crippen molar-refractivity contribution in [1.29, 1.82) is 5.26 Å². The number of isocyanates is 1. The smallest absolute Gasteiger partial charge is 0.339 e. The maximum Gasteiger partial charge on any atom is 0.339 e. The molecular formula is C14H19N5O5. The molecule has 0 bridgehead atoms. The summed E-state index contributed by atoms with van der Waals surface area (Å²) in [7, 11) is 0. The van der Waals surface area contributed by atoms with Crippen molar-refractivity contribution >= 4 is 6.08 Å². The van der Waals surface area contributed by atoms with Gasteiger partial charge in [0.05, 0.1) is 6.54 Å². The zero-order chi connectivity index (χ0) is 17.9. The minimum Gasteiger partial charge on any atom is -0.405 e. The van der Waals surface area contributed by atoms with Crippen LogP contribution in [0, 0.1) is 11.5 Å². The molecule has 0 saturated heterocycles. The number of hydrogen-bond acceptors (Lipinski definition) is 7. The standard InChI is InChI=1S/C14H19N5O5/c1-2-17-12(21)18(8-6-4-3-5-7-16-10-20)14(23)19(13(17)22)11-24-9-15/h2-8,11H2,1H3. The fraction of sp³-hybridized carbons (Fsp3) is 0.643. The Morgan fingerprint density at radius 2 is 1.62 bits per heavy atom. The van der Waals surface area contributed by atoms with Crippen LogP contribution in [-0.4, -0.2) is 26.3 Å². The number of hydrogen-bond donors (Lipinski definition) is 0. The van der Waals surface area contributed by atoms with Gasteiger partial charge in [0.1, 0.15) is 0 Å². The molecule has 1 heterocycles. The molecule has 0 unspecified atom stereocenters. The summed E-state index contributed by atoms with van der Waals surface area (Å²) in [4.78, 5) is 49.9. The van der Waals surface area contributed by atoms with E-state index in [1.54, 1.807) is 6.92 Å². The van der Waals surface area contributed by atoms with Gasteiger partial charge in [0, 0.05) is 13.1 Å². The van der Waals surface area contributed by atoms with Gasteiger partial charge in [-0.2, -0.15) is 5.26 Å². The SMILES string of the molecule is CCn1c(=O)n(CCCCCCN=C=O)c(=O)n(COC#N)c1=O. The van der Waals surface area contributed by atoms with E-state index in [1.165, 1.54) is 12.3 Å². The van der Waals surface area contributed by atoms with Gasteiger partial charge in [0.2, 0.25) is 6.08 Å². The first-order valence-electron chi connectivity index (χ1n) is 7.57. The Morgan fingerprint density at radius 3 is 2.25 bits per heavy atom. The Bertz CT molecular complexity index is 807. The molecule has 0 atom stereocenters. The van der Waals surface area contributed by atoms with E-state index in [1.807, 2.05) is 0 Å². The molecule has 130 valence electrons. The summed E-state index contributed by atoms with van der Waals surface area (Å²) >= 11 is 0. The molecule has 0 spiro atoms. The van der Waals surface area contributed by atoms with E-state index in [2.05, 4.69) is 9.73 Å². The summed E-state index contributed by atoms with van der Waals surface area (Å²) in [6, 6.07) is 0. The maximum absolute atomic E-state index is 12.3. The second-order valence-electron chi connectivity index (χ2n) is 4.92. The summed E-state index contributed by atoms with van der Waals surface area (Å²) in [5, 5.41) is 8.43. The van der Waals surface area contributed by atoms with Crippen LogP contribution < -0.4 is 17.1 Å². The van der Waals surface area contributed by atoms with Crippen molar-refractivity contribution in [1.82, 2.24) is 13.7 Å². The fourth-order valence-corrected chi connectivity index (χ4v) is 2.21. The summed E-state index contributed by atoms with van der Waals surface area (Å²) in [6.45, 7) is 1.75. The second kappa shape index (κ2) is 9.97. The van der Waals surface area contributed by atoms with Gasteiger partial charge in [0.15, 0.2) is 6.73 Å². The van der Waals surface area contributed by atoms with Gasteiger partial charge in [-0.3, -0.25) is 0 Å².